The van der Waals surface area contributed by atoms with Crippen molar-refractivity contribution in [3.8, 4) is 0 Å². The van der Waals surface area contributed by atoms with Crippen LogP contribution in [0.4, 0.5) is 0 Å². The highest BCUT2D eigenvalue weighted by molar-refractivity contribution is 7.14. The van der Waals surface area contributed by atoms with Gasteiger partial charge in [0.15, 0.2) is 0 Å². The van der Waals surface area contributed by atoms with Crippen molar-refractivity contribution in [2.24, 2.45) is 5.10 Å². The Kier molecular flexibility index (Phi) is 4.77. The highest BCUT2D eigenvalue weighted by Gasteiger charge is 2.11. The van der Waals surface area contributed by atoms with Gasteiger partial charge in [0.25, 0.3) is 0 Å². The third-order valence-corrected chi connectivity index (χ3v) is 4.95. The van der Waals surface area contributed by atoms with Crippen molar-refractivity contribution < 1.29 is 0 Å². The van der Waals surface area contributed by atoms with Gasteiger partial charge >= 0.3 is 0 Å². The maximum absolute atomic E-state index is 4.47. The second-order valence-electron chi connectivity index (χ2n) is 5.48. The van der Waals surface area contributed by atoms with Crippen LogP contribution in [0, 0.1) is 0 Å². The Morgan fingerprint density at radius 2 is 1.86 bits per heavy atom. The van der Waals surface area contributed by atoms with Crippen LogP contribution in [-0.4, -0.2) is 38.6 Å². The molecule has 112 valence electrons. The molecule has 3 heterocycles. The van der Waals surface area contributed by atoms with E-state index in [1.807, 2.05) is 18.3 Å². The summed E-state index contributed by atoms with van der Waals surface area (Å²) in [4.78, 5) is 5.22. The summed E-state index contributed by atoms with van der Waals surface area (Å²) in [5.41, 5.74) is 1.00. The van der Waals surface area contributed by atoms with Crippen LogP contribution in [-0.2, 0) is 6.54 Å². The standard InChI is InChI=1S/C15H21N5S/c1-13(18-20-11-16-17-12-20)15-7-6-14(21-15)10-19-8-4-2-3-5-9-19/h6-7,11-12H,2-5,8-10H2,1H3/b18-13+. The smallest absolute Gasteiger partial charge is 0.141 e. The lowest BCUT2D eigenvalue weighted by Gasteiger charge is -2.18. The van der Waals surface area contributed by atoms with Gasteiger partial charge < -0.3 is 0 Å². The van der Waals surface area contributed by atoms with Gasteiger partial charge in [-0.2, -0.15) is 5.10 Å². The fourth-order valence-electron chi connectivity index (χ4n) is 2.64. The highest BCUT2D eigenvalue weighted by Crippen LogP contribution is 2.21. The van der Waals surface area contributed by atoms with E-state index >= 15 is 0 Å². The minimum absolute atomic E-state index is 1.00. The second-order valence-corrected chi connectivity index (χ2v) is 6.65. The van der Waals surface area contributed by atoms with Gasteiger partial charge in [0.05, 0.1) is 10.6 Å². The van der Waals surface area contributed by atoms with Gasteiger partial charge in [0, 0.05) is 11.4 Å². The van der Waals surface area contributed by atoms with Crippen molar-refractivity contribution in [1.29, 1.82) is 0 Å². The van der Waals surface area contributed by atoms with E-state index < -0.39 is 0 Å². The van der Waals surface area contributed by atoms with E-state index in [0.29, 0.717) is 0 Å². The summed E-state index contributed by atoms with van der Waals surface area (Å²) in [6, 6.07) is 4.40. The Morgan fingerprint density at radius 3 is 2.57 bits per heavy atom. The molecule has 0 unspecified atom stereocenters. The Morgan fingerprint density at radius 1 is 1.14 bits per heavy atom. The third kappa shape index (κ3) is 3.98. The summed E-state index contributed by atoms with van der Waals surface area (Å²) in [6.45, 7) is 5.58. The average molecular weight is 303 g/mol. The zero-order chi connectivity index (χ0) is 14.5. The van der Waals surface area contributed by atoms with E-state index in [-0.39, 0.29) is 0 Å². The normalized spacial score (nSPS) is 17.9. The van der Waals surface area contributed by atoms with Crippen LogP contribution in [0.1, 0.15) is 42.4 Å². The number of likely N-dealkylation sites (tertiary alicyclic amines) is 1. The van der Waals surface area contributed by atoms with Crippen molar-refractivity contribution in [1.82, 2.24) is 19.8 Å². The third-order valence-electron chi connectivity index (χ3n) is 3.77. The van der Waals surface area contributed by atoms with Crippen molar-refractivity contribution in [3.63, 3.8) is 0 Å². The van der Waals surface area contributed by atoms with Crippen molar-refractivity contribution >= 4 is 17.0 Å². The zero-order valence-electron chi connectivity index (χ0n) is 12.4. The van der Waals surface area contributed by atoms with E-state index in [0.717, 1.165) is 12.3 Å². The molecule has 21 heavy (non-hydrogen) atoms. The van der Waals surface area contributed by atoms with E-state index in [4.69, 9.17) is 0 Å². The van der Waals surface area contributed by atoms with Crippen molar-refractivity contribution in [2.75, 3.05) is 13.1 Å². The Hall–Kier alpha value is -1.53. The Balaban J connectivity index is 1.65. The Bertz CT molecular complexity index is 579. The van der Waals surface area contributed by atoms with Gasteiger partial charge in [-0.25, -0.2) is 4.68 Å². The molecule has 0 aromatic carbocycles. The van der Waals surface area contributed by atoms with Gasteiger partial charge in [-0.1, -0.05) is 12.8 Å². The molecule has 6 heteroatoms. The summed E-state index contributed by atoms with van der Waals surface area (Å²) >= 11 is 1.84. The van der Waals surface area contributed by atoms with Gasteiger partial charge in [-0.05, 0) is 45.0 Å². The molecule has 2 aromatic heterocycles. The average Bonchev–Trinajstić information content (AvgIpc) is 3.08. The molecule has 2 aromatic rings. The van der Waals surface area contributed by atoms with Crippen LogP contribution in [0.5, 0.6) is 0 Å². The van der Waals surface area contributed by atoms with E-state index in [1.54, 1.807) is 17.3 Å². The second kappa shape index (κ2) is 6.95. The van der Waals surface area contributed by atoms with Gasteiger partial charge in [0.2, 0.25) is 0 Å². The molecule has 0 N–H and O–H groups in total. The number of hydrogen-bond donors (Lipinski definition) is 0. The molecule has 0 aliphatic carbocycles. The summed E-state index contributed by atoms with van der Waals surface area (Å²) in [6.07, 6.45) is 8.66. The molecule has 0 amide bonds. The largest absolute Gasteiger partial charge is 0.298 e. The van der Waals surface area contributed by atoms with Gasteiger partial charge in [-0.15, -0.1) is 21.5 Å². The predicted octanol–water partition coefficient (Wildman–Crippen LogP) is 2.99. The highest BCUT2D eigenvalue weighted by atomic mass is 32.1. The first-order chi connectivity index (χ1) is 10.3. The molecule has 0 spiro atoms. The molecule has 0 bridgehead atoms. The maximum atomic E-state index is 4.47. The predicted molar refractivity (Wildman–Crippen MR) is 85.7 cm³/mol. The molecule has 3 rings (SSSR count). The number of thiophene rings is 1. The zero-order valence-corrected chi connectivity index (χ0v) is 13.2. The molecule has 0 radical (unpaired) electrons. The van der Waals surface area contributed by atoms with Crippen LogP contribution in [0.2, 0.25) is 0 Å². The molecule has 1 saturated heterocycles. The minimum Gasteiger partial charge on any atom is -0.298 e. The molecule has 1 fully saturated rings. The molecule has 1 aliphatic rings. The van der Waals surface area contributed by atoms with E-state index in [1.165, 1.54) is 48.5 Å². The minimum atomic E-state index is 1.00. The van der Waals surface area contributed by atoms with E-state index in [2.05, 4.69) is 32.3 Å². The number of rotatable bonds is 4. The molecule has 0 atom stereocenters. The molecular formula is C15H21N5S. The topological polar surface area (TPSA) is 46.3 Å². The summed E-state index contributed by atoms with van der Waals surface area (Å²) < 4.78 is 1.64. The number of hydrogen-bond acceptors (Lipinski definition) is 5. The van der Waals surface area contributed by atoms with E-state index in [9.17, 15) is 0 Å². The summed E-state index contributed by atoms with van der Waals surface area (Å²) in [5.74, 6) is 0. The fraction of sp³-hybridized carbons (Fsp3) is 0.533. The van der Waals surface area contributed by atoms with Crippen LogP contribution in [0.15, 0.2) is 29.9 Å². The van der Waals surface area contributed by atoms with Crippen LogP contribution in [0.25, 0.3) is 0 Å². The monoisotopic (exact) mass is 303 g/mol. The number of nitrogens with zero attached hydrogens (tertiary/aromatic N) is 5. The SMILES string of the molecule is C/C(=N\n1cnnc1)c1ccc(CN2CCCCCC2)s1. The van der Waals surface area contributed by atoms with Crippen LogP contribution < -0.4 is 0 Å². The molecular weight excluding hydrogens is 282 g/mol. The fourth-order valence-corrected chi connectivity index (χ4v) is 3.63. The van der Waals surface area contributed by atoms with Crippen LogP contribution in [0.3, 0.4) is 0 Å². The Labute approximate surface area is 129 Å². The van der Waals surface area contributed by atoms with Gasteiger partial charge in [0.1, 0.15) is 12.7 Å². The number of aromatic nitrogens is 3. The lowest BCUT2D eigenvalue weighted by molar-refractivity contribution is 0.279. The maximum Gasteiger partial charge on any atom is 0.141 e. The summed E-state index contributed by atoms with van der Waals surface area (Å²) in [7, 11) is 0. The lowest BCUT2D eigenvalue weighted by Crippen LogP contribution is -2.23. The quantitative estimate of drug-likeness (QED) is 0.816. The van der Waals surface area contributed by atoms with Crippen LogP contribution >= 0.6 is 11.3 Å². The van der Waals surface area contributed by atoms with Crippen molar-refractivity contribution in [3.05, 3.63) is 34.5 Å². The first-order valence-corrected chi connectivity index (χ1v) is 8.34. The molecule has 5 nitrogen and oxygen atoms in total. The first-order valence-electron chi connectivity index (χ1n) is 7.53. The molecule has 0 saturated carbocycles. The molecule has 1 aliphatic heterocycles. The van der Waals surface area contributed by atoms with Gasteiger partial charge in [-0.3, -0.25) is 4.90 Å². The van der Waals surface area contributed by atoms with Crippen molar-refractivity contribution in [2.45, 2.75) is 39.2 Å². The first kappa shape index (κ1) is 14.4. The lowest BCUT2D eigenvalue weighted by atomic mass is 10.2. The summed E-state index contributed by atoms with van der Waals surface area (Å²) in [5, 5.41) is 12.0.